The van der Waals surface area contributed by atoms with Crippen molar-refractivity contribution in [3.63, 3.8) is 0 Å². The number of fused-ring (bicyclic) bond motifs is 1. The molecule has 0 radical (unpaired) electrons. The molecule has 2 N–H and O–H groups in total. The Labute approximate surface area is 235 Å². The lowest BCUT2D eigenvalue weighted by Gasteiger charge is -2.29. The molecule has 41 heavy (non-hydrogen) atoms. The summed E-state index contributed by atoms with van der Waals surface area (Å²) in [6.45, 7) is 4.95. The summed E-state index contributed by atoms with van der Waals surface area (Å²) in [6.07, 6.45) is 4.81. The molecule has 0 spiro atoms. The lowest BCUT2D eigenvalue weighted by Crippen LogP contribution is -2.36. The van der Waals surface area contributed by atoms with E-state index in [2.05, 4.69) is 20.2 Å². The summed E-state index contributed by atoms with van der Waals surface area (Å²) in [6, 6.07) is 9.41. The molecule has 210 valence electrons. The number of rotatable bonds is 5. The van der Waals surface area contributed by atoms with Crippen LogP contribution in [0.4, 0.5) is 30.8 Å². The topological polar surface area (TPSA) is 104 Å². The molecule has 0 bridgehead atoms. The van der Waals surface area contributed by atoms with Gasteiger partial charge in [0.1, 0.15) is 17.5 Å². The second-order valence-electron chi connectivity index (χ2n) is 9.98. The first kappa shape index (κ1) is 26.6. The first-order chi connectivity index (χ1) is 19.9. The van der Waals surface area contributed by atoms with Gasteiger partial charge >= 0.3 is 6.09 Å². The van der Waals surface area contributed by atoms with Crippen molar-refractivity contribution in [3.05, 3.63) is 77.6 Å². The number of benzene rings is 1. The number of halogens is 2. The van der Waals surface area contributed by atoms with Crippen molar-refractivity contribution in [2.45, 2.75) is 13.3 Å². The minimum absolute atomic E-state index is 0.161. The summed E-state index contributed by atoms with van der Waals surface area (Å²) in [5.74, 6) is -0.724. The van der Waals surface area contributed by atoms with Crippen LogP contribution in [0, 0.1) is 18.6 Å². The first-order valence-electron chi connectivity index (χ1n) is 13.4. The van der Waals surface area contributed by atoms with Crippen LogP contribution in [0.1, 0.15) is 17.5 Å². The Kier molecular flexibility index (Phi) is 7.19. The molecule has 4 aromatic rings. The number of aromatic nitrogens is 3. The molecule has 2 aliphatic heterocycles. The third kappa shape index (κ3) is 5.28. The molecule has 6 rings (SSSR count). The van der Waals surface area contributed by atoms with Gasteiger partial charge in [0.05, 0.1) is 46.9 Å². The van der Waals surface area contributed by atoms with Crippen LogP contribution in [0.2, 0.25) is 0 Å². The summed E-state index contributed by atoms with van der Waals surface area (Å²) in [5.41, 5.74) is 4.70. The zero-order chi connectivity index (χ0) is 28.5. The normalized spacial score (nSPS) is 15.6. The average Bonchev–Trinajstić information content (AvgIpc) is 2.99. The minimum atomic E-state index is -0.969. The van der Waals surface area contributed by atoms with Crippen LogP contribution in [0.15, 0.2) is 54.9 Å². The number of nitrogens with zero attached hydrogens (tertiary/aromatic N) is 5. The van der Waals surface area contributed by atoms with Gasteiger partial charge in [0, 0.05) is 67.9 Å². The molecule has 1 fully saturated rings. The van der Waals surface area contributed by atoms with Crippen molar-refractivity contribution in [3.8, 4) is 11.4 Å². The second kappa shape index (κ2) is 11.1. The number of morpholine rings is 1. The fourth-order valence-corrected chi connectivity index (χ4v) is 5.31. The van der Waals surface area contributed by atoms with Gasteiger partial charge in [-0.15, -0.1) is 0 Å². The van der Waals surface area contributed by atoms with Gasteiger partial charge < -0.3 is 25.0 Å². The molecule has 0 aliphatic carbocycles. The van der Waals surface area contributed by atoms with Gasteiger partial charge in [0.2, 0.25) is 0 Å². The van der Waals surface area contributed by atoms with Crippen molar-refractivity contribution in [1.82, 2.24) is 19.9 Å². The highest BCUT2D eigenvalue weighted by atomic mass is 19.1. The summed E-state index contributed by atoms with van der Waals surface area (Å²) in [7, 11) is 0. The maximum atomic E-state index is 15.4. The zero-order valence-electron chi connectivity index (χ0n) is 22.4. The number of hydrogen-bond donors (Lipinski definition) is 2. The van der Waals surface area contributed by atoms with Gasteiger partial charge in [-0.3, -0.25) is 4.98 Å². The van der Waals surface area contributed by atoms with Gasteiger partial charge in [0.25, 0.3) is 0 Å². The lowest BCUT2D eigenvalue weighted by atomic mass is 9.98. The monoisotopic (exact) mass is 558 g/mol. The molecule has 2 aliphatic rings. The Morgan fingerprint density at radius 3 is 2.63 bits per heavy atom. The fraction of sp³-hybridized carbons (Fsp3) is 0.267. The number of carbonyl (C=O) groups is 1. The van der Waals surface area contributed by atoms with E-state index < -0.39 is 17.7 Å². The van der Waals surface area contributed by atoms with Gasteiger partial charge in [-0.2, -0.15) is 0 Å². The Balaban J connectivity index is 1.52. The maximum Gasteiger partial charge on any atom is 0.407 e. The van der Waals surface area contributed by atoms with E-state index >= 15 is 4.39 Å². The molecule has 9 nitrogen and oxygen atoms in total. The van der Waals surface area contributed by atoms with Crippen LogP contribution < -0.4 is 10.2 Å². The fourth-order valence-electron chi connectivity index (χ4n) is 5.31. The second-order valence-corrected chi connectivity index (χ2v) is 9.98. The number of anilines is 3. The van der Waals surface area contributed by atoms with E-state index in [1.807, 2.05) is 25.1 Å². The van der Waals surface area contributed by atoms with Gasteiger partial charge in [-0.25, -0.2) is 23.5 Å². The molecule has 0 unspecified atom stereocenters. The summed E-state index contributed by atoms with van der Waals surface area (Å²) in [5, 5.41) is 13.0. The van der Waals surface area contributed by atoms with E-state index in [1.165, 1.54) is 11.0 Å². The van der Waals surface area contributed by atoms with Crippen molar-refractivity contribution < 1.29 is 23.4 Å². The molecule has 0 saturated carbocycles. The standard InChI is InChI=1S/C30H28F2N6O3/c1-18-28(23-4-2-3-7-33-23)36-25-15-20(31)14-22(32)27(25)29(18)35-24-16-26(37-10-12-41-13-11-37)34-17-21(24)19-5-8-38(9-6-19)30(39)40/h2-5,7,14-17H,6,8-13H2,1H3,(H,39,40)(H,34,35,36). The van der Waals surface area contributed by atoms with Crippen molar-refractivity contribution in [1.29, 1.82) is 0 Å². The van der Waals surface area contributed by atoms with Crippen molar-refractivity contribution in [2.24, 2.45) is 0 Å². The third-order valence-electron chi connectivity index (χ3n) is 7.46. The smallest absolute Gasteiger partial charge is 0.407 e. The number of pyridine rings is 3. The van der Waals surface area contributed by atoms with Gasteiger partial charge in [-0.05, 0) is 31.1 Å². The number of ether oxygens (including phenoxy) is 1. The average molecular weight is 559 g/mol. The molecule has 11 heteroatoms. The van der Waals surface area contributed by atoms with Crippen LogP contribution in [0.3, 0.4) is 0 Å². The highest BCUT2D eigenvalue weighted by Gasteiger charge is 2.23. The zero-order valence-corrected chi connectivity index (χ0v) is 22.4. The van der Waals surface area contributed by atoms with E-state index in [9.17, 15) is 14.3 Å². The Hall–Kier alpha value is -4.64. The molecule has 1 amide bonds. The van der Waals surface area contributed by atoms with Crippen LogP contribution in [0.5, 0.6) is 0 Å². The predicted molar refractivity (Wildman–Crippen MR) is 152 cm³/mol. The van der Waals surface area contributed by atoms with E-state index in [0.29, 0.717) is 67.6 Å². The maximum absolute atomic E-state index is 15.4. The number of carboxylic acid groups (broad SMARTS) is 1. The first-order valence-corrected chi connectivity index (χ1v) is 13.4. The quantitative estimate of drug-likeness (QED) is 0.325. The molecule has 3 aromatic heterocycles. The van der Waals surface area contributed by atoms with Crippen molar-refractivity contribution >= 4 is 39.8 Å². The summed E-state index contributed by atoms with van der Waals surface area (Å²) >= 11 is 0. The lowest BCUT2D eigenvalue weighted by molar-refractivity contribution is 0.122. The SMILES string of the molecule is Cc1c(-c2ccccn2)nc2cc(F)cc(F)c2c1Nc1cc(N2CCOCC2)ncc1C1=CCN(C(=O)O)CC1. The Morgan fingerprint density at radius 2 is 1.93 bits per heavy atom. The van der Waals surface area contributed by atoms with Crippen LogP contribution >= 0.6 is 0 Å². The van der Waals surface area contributed by atoms with Crippen LogP contribution in [0.25, 0.3) is 27.9 Å². The number of amides is 1. The molecular weight excluding hydrogens is 530 g/mol. The molecule has 0 atom stereocenters. The summed E-state index contributed by atoms with van der Waals surface area (Å²) < 4.78 is 35.3. The molecule has 1 aromatic carbocycles. The molecule has 1 saturated heterocycles. The van der Waals surface area contributed by atoms with Gasteiger partial charge in [0.15, 0.2) is 0 Å². The minimum Gasteiger partial charge on any atom is -0.465 e. The van der Waals surface area contributed by atoms with E-state index in [-0.39, 0.29) is 17.4 Å². The van der Waals surface area contributed by atoms with Crippen LogP contribution in [-0.4, -0.2) is 70.4 Å². The van der Waals surface area contributed by atoms with Gasteiger partial charge in [-0.1, -0.05) is 12.1 Å². The van der Waals surface area contributed by atoms with E-state index in [4.69, 9.17) is 9.72 Å². The molecular formula is C30H28F2N6O3. The summed E-state index contributed by atoms with van der Waals surface area (Å²) in [4.78, 5) is 28.7. The number of nitrogens with one attached hydrogen (secondary N) is 1. The highest BCUT2D eigenvalue weighted by molar-refractivity contribution is 5.99. The largest absolute Gasteiger partial charge is 0.465 e. The molecule has 5 heterocycles. The number of hydrogen-bond acceptors (Lipinski definition) is 7. The predicted octanol–water partition coefficient (Wildman–Crippen LogP) is 5.63. The van der Waals surface area contributed by atoms with E-state index in [1.54, 1.807) is 24.5 Å². The third-order valence-corrected chi connectivity index (χ3v) is 7.46. The van der Waals surface area contributed by atoms with Crippen LogP contribution in [-0.2, 0) is 4.74 Å². The Morgan fingerprint density at radius 1 is 1.10 bits per heavy atom. The van der Waals surface area contributed by atoms with E-state index in [0.717, 1.165) is 23.0 Å². The van der Waals surface area contributed by atoms with Crippen molar-refractivity contribution in [2.75, 3.05) is 49.6 Å². The highest BCUT2D eigenvalue weighted by Crippen LogP contribution is 2.39. The Bertz CT molecular complexity index is 1660.